The predicted molar refractivity (Wildman–Crippen MR) is 106 cm³/mol. The maximum atomic E-state index is 5.66. The molecule has 0 radical (unpaired) electrons. The number of nitrogens with one attached hydrogen (secondary N) is 2. The second-order valence-electron chi connectivity index (χ2n) is 7.79. The van der Waals surface area contributed by atoms with E-state index in [1.807, 2.05) is 0 Å². The van der Waals surface area contributed by atoms with Crippen molar-refractivity contribution < 1.29 is 4.90 Å². The maximum Gasteiger partial charge on any atom is 0.173 e. The number of hydrogen-bond donors (Lipinski definition) is 2. The lowest BCUT2D eigenvalue weighted by Crippen LogP contribution is -3.16. The molecule has 24 heavy (non-hydrogen) atoms. The molecule has 132 valence electrons. The van der Waals surface area contributed by atoms with Crippen LogP contribution in [-0.2, 0) is 0 Å². The second-order valence-corrected chi connectivity index (χ2v) is 8.18. The Hall–Kier alpha value is -1.13. The predicted octanol–water partition coefficient (Wildman–Crippen LogP) is 2.92. The summed E-state index contributed by atoms with van der Waals surface area (Å²) in [7, 11) is 2.42. The van der Waals surface area contributed by atoms with Gasteiger partial charge >= 0.3 is 0 Å². The molecule has 0 amide bonds. The average Bonchev–Trinajstić information content (AvgIpc) is 3.07. The van der Waals surface area contributed by atoms with Crippen LogP contribution < -0.4 is 10.2 Å². The number of aryl methyl sites for hydroxylation is 2. The topological polar surface area (TPSA) is 19.7 Å². The normalized spacial score (nSPS) is 21.0. The molecule has 2 aliphatic rings. The van der Waals surface area contributed by atoms with E-state index in [-0.39, 0.29) is 0 Å². The summed E-state index contributed by atoms with van der Waals surface area (Å²) in [6.07, 6.45) is 8.25. The first-order valence-electron chi connectivity index (χ1n) is 9.50. The summed E-state index contributed by atoms with van der Waals surface area (Å²) in [6, 6.07) is 8.26. The van der Waals surface area contributed by atoms with E-state index < -0.39 is 0 Å². The van der Waals surface area contributed by atoms with E-state index in [0.29, 0.717) is 0 Å². The number of quaternary nitrogens is 1. The first-order chi connectivity index (χ1) is 11.5. The van der Waals surface area contributed by atoms with Crippen LogP contribution in [0.5, 0.6) is 0 Å². The summed E-state index contributed by atoms with van der Waals surface area (Å²) in [5, 5.41) is 4.33. The lowest BCUT2D eigenvalue weighted by Gasteiger charge is -2.38. The smallest absolute Gasteiger partial charge is 0.173 e. The van der Waals surface area contributed by atoms with Crippen molar-refractivity contribution in [1.29, 1.82) is 0 Å². The molecule has 1 aliphatic heterocycles. The van der Waals surface area contributed by atoms with Crippen LogP contribution in [0.1, 0.15) is 49.7 Å². The average molecular weight is 347 g/mol. The summed E-state index contributed by atoms with van der Waals surface area (Å²) in [5.74, 6) is 0. The molecule has 1 heterocycles. The molecule has 0 aromatic heterocycles. The van der Waals surface area contributed by atoms with Crippen molar-refractivity contribution in [3.63, 3.8) is 0 Å². The van der Waals surface area contributed by atoms with Gasteiger partial charge in [0.1, 0.15) is 0 Å². The van der Waals surface area contributed by atoms with Crippen LogP contribution in [-0.4, -0.2) is 42.2 Å². The minimum Gasteiger partial charge on any atom is -0.349 e. The molecule has 2 fully saturated rings. The van der Waals surface area contributed by atoms with Gasteiger partial charge in [0.25, 0.3) is 0 Å². The van der Waals surface area contributed by atoms with Gasteiger partial charge in [-0.05, 0) is 75.0 Å². The van der Waals surface area contributed by atoms with E-state index in [4.69, 9.17) is 12.2 Å². The second kappa shape index (κ2) is 7.83. The van der Waals surface area contributed by atoms with Crippen LogP contribution in [0, 0.1) is 13.8 Å². The number of likely N-dealkylation sites (tertiary alicyclic amines) is 1. The SMILES string of the molecule is Cc1cc(C)cc(NC(=S)N2CCC([NH+](C)C3CCCC3)CC2)c1. The van der Waals surface area contributed by atoms with Gasteiger partial charge in [-0.15, -0.1) is 0 Å². The molecule has 1 saturated carbocycles. The largest absolute Gasteiger partial charge is 0.349 e. The molecular formula is C20H32N3S+. The van der Waals surface area contributed by atoms with E-state index in [1.165, 1.54) is 49.7 Å². The summed E-state index contributed by atoms with van der Waals surface area (Å²) >= 11 is 5.66. The van der Waals surface area contributed by atoms with Crippen molar-refractivity contribution in [3.8, 4) is 0 Å². The number of benzene rings is 1. The monoisotopic (exact) mass is 346 g/mol. The van der Waals surface area contributed by atoms with Crippen molar-refractivity contribution in [1.82, 2.24) is 4.90 Å². The molecule has 1 aromatic rings. The summed E-state index contributed by atoms with van der Waals surface area (Å²) in [5.41, 5.74) is 3.68. The fourth-order valence-corrected chi connectivity index (χ4v) is 4.80. The zero-order valence-corrected chi connectivity index (χ0v) is 16.2. The highest BCUT2D eigenvalue weighted by Gasteiger charge is 2.32. The fourth-order valence-electron chi connectivity index (χ4n) is 4.50. The van der Waals surface area contributed by atoms with Gasteiger partial charge in [0, 0.05) is 31.6 Å². The molecular weight excluding hydrogens is 314 g/mol. The number of anilines is 1. The number of hydrogen-bond acceptors (Lipinski definition) is 1. The van der Waals surface area contributed by atoms with Crippen LogP contribution in [0.2, 0.25) is 0 Å². The first kappa shape index (κ1) is 17.7. The van der Waals surface area contributed by atoms with E-state index >= 15 is 0 Å². The van der Waals surface area contributed by atoms with Crippen molar-refractivity contribution in [2.75, 3.05) is 25.5 Å². The molecule has 0 bridgehead atoms. The molecule has 3 nitrogen and oxygen atoms in total. The van der Waals surface area contributed by atoms with E-state index in [0.717, 1.165) is 36.0 Å². The summed E-state index contributed by atoms with van der Waals surface area (Å²) < 4.78 is 0. The molecule has 1 aliphatic carbocycles. The van der Waals surface area contributed by atoms with Crippen LogP contribution in [0.4, 0.5) is 5.69 Å². The third-order valence-electron chi connectivity index (χ3n) is 5.90. The van der Waals surface area contributed by atoms with Gasteiger partial charge in [0.15, 0.2) is 5.11 Å². The van der Waals surface area contributed by atoms with Crippen LogP contribution in [0.15, 0.2) is 18.2 Å². The van der Waals surface area contributed by atoms with Gasteiger partial charge in [-0.25, -0.2) is 0 Å². The van der Waals surface area contributed by atoms with Gasteiger partial charge in [0.2, 0.25) is 0 Å². The number of nitrogens with zero attached hydrogens (tertiary/aromatic N) is 1. The van der Waals surface area contributed by atoms with Crippen molar-refractivity contribution in [3.05, 3.63) is 29.3 Å². The highest BCUT2D eigenvalue weighted by molar-refractivity contribution is 7.80. The van der Waals surface area contributed by atoms with E-state index in [1.54, 1.807) is 4.90 Å². The maximum absolute atomic E-state index is 5.66. The standard InChI is InChI=1S/C20H31N3S/c1-15-12-16(2)14-17(13-15)21-20(24)23-10-8-19(9-11-23)22(3)18-6-4-5-7-18/h12-14,18-19H,4-11H2,1-3H3,(H,21,24)/p+1. The molecule has 1 atom stereocenters. The molecule has 1 unspecified atom stereocenters. The fraction of sp³-hybridized carbons (Fsp3) is 0.650. The number of rotatable bonds is 3. The Morgan fingerprint density at radius 1 is 1.00 bits per heavy atom. The third-order valence-corrected chi connectivity index (χ3v) is 6.26. The van der Waals surface area contributed by atoms with E-state index in [2.05, 4.69) is 49.3 Å². The Balaban J connectivity index is 1.51. The highest BCUT2D eigenvalue weighted by atomic mass is 32.1. The van der Waals surface area contributed by atoms with Gasteiger partial charge in [-0.3, -0.25) is 0 Å². The Kier molecular flexibility index (Phi) is 5.77. The van der Waals surface area contributed by atoms with Gasteiger partial charge in [-0.2, -0.15) is 0 Å². The Labute approximate surface area is 152 Å². The number of piperidine rings is 1. The van der Waals surface area contributed by atoms with Crippen LogP contribution >= 0.6 is 12.2 Å². The minimum absolute atomic E-state index is 0.813. The summed E-state index contributed by atoms with van der Waals surface area (Å²) in [4.78, 5) is 4.13. The molecule has 1 saturated heterocycles. The Bertz CT molecular complexity index is 552. The quantitative estimate of drug-likeness (QED) is 0.821. The first-order valence-corrected chi connectivity index (χ1v) is 9.91. The zero-order chi connectivity index (χ0) is 17.1. The molecule has 1 aromatic carbocycles. The van der Waals surface area contributed by atoms with Gasteiger partial charge < -0.3 is 15.1 Å². The highest BCUT2D eigenvalue weighted by Crippen LogP contribution is 2.18. The lowest BCUT2D eigenvalue weighted by atomic mass is 10.0. The summed E-state index contributed by atoms with van der Waals surface area (Å²) in [6.45, 7) is 6.44. The third kappa shape index (κ3) is 4.28. The minimum atomic E-state index is 0.813. The lowest BCUT2D eigenvalue weighted by molar-refractivity contribution is -0.931. The van der Waals surface area contributed by atoms with E-state index in [9.17, 15) is 0 Å². The van der Waals surface area contributed by atoms with Crippen LogP contribution in [0.3, 0.4) is 0 Å². The molecule has 2 N–H and O–H groups in total. The zero-order valence-electron chi connectivity index (χ0n) is 15.4. The van der Waals surface area contributed by atoms with Crippen molar-refractivity contribution in [2.24, 2.45) is 0 Å². The van der Waals surface area contributed by atoms with Gasteiger partial charge in [-0.1, -0.05) is 6.07 Å². The van der Waals surface area contributed by atoms with Crippen molar-refractivity contribution in [2.45, 2.75) is 64.5 Å². The van der Waals surface area contributed by atoms with Crippen molar-refractivity contribution >= 4 is 23.0 Å². The van der Waals surface area contributed by atoms with Crippen LogP contribution in [0.25, 0.3) is 0 Å². The molecule has 3 rings (SSSR count). The number of thiocarbonyl (C=S) groups is 1. The Morgan fingerprint density at radius 2 is 1.54 bits per heavy atom. The Morgan fingerprint density at radius 3 is 2.12 bits per heavy atom. The van der Waals surface area contributed by atoms with Gasteiger partial charge in [0.05, 0.1) is 19.1 Å². The molecule has 0 spiro atoms. The molecule has 4 heteroatoms.